The van der Waals surface area contributed by atoms with Crippen LogP contribution in [0.1, 0.15) is 24.3 Å². The maximum Gasteiger partial charge on any atom is 0.0980 e. The quantitative estimate of drug-likeness (QED) is 0.886. The molecule has 0 radical (unpaired) electrons. The summed E-state index contributed by atoms with van der Waals surface area (Å²) in [5, 5.41) is 0. The first-order valence-electron chi connectivity index (χ1n) is 4.76. The van der Waals surface area contributed by atoms with Gasteiger partial charge in [-0.3, -0.25) is 4.39 Å². The predicted molar refractivity (Wildman–Crippen MR) is 59.0 cm³/mol. The molecule has 1 aliphatic rings. The minimum Gasteiger partial charge on any atom is -0.324 e. The van der Waals surface area contributed by atoms with Crippen molar-refractivity contribution in [3.8, 4) is 0 Å². The highest BCUT2D eigenvalue weighted by atomic mass is 79.9. The van der Waals surface area contributed by atoms with Crippen molar-refractivity contribution in [3.05, 3.63) is 34.3 Å². The third kappa shape index (κ3) is 1.84. The highest BCUT2D eigenvalue weighted by Gasteiger charge is 2.46. The summed E-state index contributed by atoms with van der Waals surface area (Å²) < 4.78 is 13.9. The first-order valence-corrected chi connectivity index (χ1v) is 5.55. The van der Waals surface area contributed by atoms with Crippen LogP contribution in [0.4, 0.5) is 4.39 Å². The molecule has 1 saturated carbocycles. The van der Waals surface area contributed by atoms with Crippen molar-refractivity contribution in [1.29, 1.82) is 0 Å². The predicted octanol–water partition coefficient (Wildman–Crippen LogP) is 2.99. The second-order valence-electron chi connectivity index (χ2n) is 4.00. The molecular weight excluding hydrogens is 245 g/mol. The van der Waals surface area contributed by atoms with Crippen molar-refractivity contribution in [1.82, 2.24) is 0 Å². The average Bonchev–Trinajstić information content (AvgIpc) is 2.85. The van der Waals surface area contributed by atoms with Gasteiger partial charge in [0.15, 0.2) is 0 Å². The number of rotatable bonds is 3. The van der Waals surface area contributed by atoms with Crippen LogP contribution in [0, 0.1) is 0 Å². The van der Waals surface area contributed by atoms with Crippen molar-refractivity contribution < 1.29 is 4.39 Å². The fraction of sp³-hybridized carbons (Fsp3) is 0.455. The molecule has 76 valence electrons. The molecule has 0 saturated heterocycles. The Morgan fingerprint density at radius 3 is 2.71 bits per heavy atom. The minimum absolute atomic E-state index is 0.139. The third-order valence-electron chi connectivity index (χ3n) is 2.93. The second kappa shape index (κ2) is 3.63. The van der Waals surface area contributed by atoms with Gasteiger partial charge in [-0.05, 0) is 30.5 Å². The van der Waals surface area contributed by atoms with Crippen LogP contribution in [-0.2, 0) is 0 Å². The van der Waals surface area contributed by atoms with Gasteiger partial charge in [-0.15, -0.1) is 0 Å². The van der Waals surface area contributed by atoms with Gasteiger partial charge in [-0.25, -0.2) is 0 Å². The highest BCUT2D eigenvalue weighted by Crippen LogP contribution is 2.45. The van der Waals surface area contributed by atoms with Crippen LogP contribution >= 0.6 is 15.9 Å². The van der Waals surface area contributed by atoms with Crippen LogP contribution in [0.3, 0.4) is 0 Å². The standard InChI is InChI=1S/C11H13BrFN/c12-9-3-1-2-8(6-9)10(7-13)11(14)4-5-11/h1-3,6,10H,4-5,7,14H2. The number of halogens is 2. The Kier molecular flexibility index (Phi) is 2.62. The lowest BCUT2D eigenvalue weighted by molar-refractivity contribution is 0.376. The fourth-order valence-corrected chi connectivity index (χ4v) is 2.21. The molecule has 0 aromatic heterocycles. The van der Waals surface area contributed by atoms with Gasteiger partial charge < -0.3 is 5.73 Å². The van der Waals surface area contributed by atoms with E-state index < -0.39 is 0 Å². The van der Waals surface area contributed by atoms with Crippen molar-refractivity contribution >= 4 is 15.9 Å². The van der Waals surface area contributed by atoms with Crippen molar-refractivity contribution in [3.63, 3.8) is 0 Å². The number of hydrogen-bond acceptors (Lipinski definition) is 1. The first-order chi connectivity index (χ1) is 6.65. The van der Waals surface area contributed by atoms with Gasteiger partial charge in [-0.2, -0.15) is 0 Å². The van der Waals surface area contributed by atoms with E-state index in [-0.39, 0.29) is 18.1 Å². The third-order valence-corrected chi connectivity index (χ3v) is 3.42. The van der Waals surface area contributed by atoms with Gasteiger partial charge in [0.25, 0.3) is 0 Å². The average molecular weight is 258 g/mol. The zero-order valence-electron chi connectivity index (χ0n) is 7.84. The molecular formula is C11H13BrFN. The second-order valence-corrected chi connectivity index (χ2v) is 4.91. The lowest BCUT2D eigenvalue weighted by atomic mass is 9.91. The van der Waals surface area contributed by atoms with Gasteiger partial charge in [0.2, 0.25) is 0 Å². The number of benzene rings is 1. The van der Waals surface area contributed by atoms with E-state index in [1.54, 1.807) is 0 Å². The van der Waals surface area contributed by atoms with Crippen LogP contribution in [0.2, 0.25) is 0 Å². The summed E-state index contributed by atoms with van der Waals surface area (Å²) in [5.41, 5.74) is 6.75. The summed E-state index contributed by atoms with van der Waals surface area (Å²) in [5.74, 6) is -0.139. The number of hydrogen-bond donors (Lipinski definition) is 1. The van der Waals surface area contributed by atoms with Crippen LogP contribution < -0.4 is 5.73 Å². The fourth-order valence-electron chi connectivity index (χ4n) is 1.79. The molecule has 2 N–H and O–H groups in total. The Bertz CT molecular complexity index is 336. The van der Waals surface area contributed by atoms with Gasteiger partial charge in [0.05, 0.1) is 6.67 Å². The van der Waals surface area contributed by atoms with Crippen LogP contribution in [0.5, 0.6) is 0 Å². The normalized spacial score (nSPS) is 20.5. The summed E-state index contributed by atoms with van der Waals surface area (Å²) in [4.78, 5) is 0. The first kappa shape index (κ1) is 10.1. The van der Waals surface area contributed by atoms with E-state index in [0.717, 1.165) is 22.9 Å². The molecule has 1 fully saturated rings. The molecule has 1 aromatic carbocycles. The summed E-state index contributed by atoms with van der Waals surface area (Å²) in [6, 6.07) is 7.77. The monoisotopic (exact) mass is 257 g/mol. The van der Waals surface area contributed by atoms with E-state index in [4.69, 9.17) is 5.73 Å². The molecule has 1 aromatic rings. The molecule has 2 rings (SSSR count). The van der Waals surface area contributed by atoms with Gasteiger partial charge >= 0.3 is 0 Å². The summed E-state index contributed by atoms with van der Waals surface area (Å²) in [7, 11) is 0. The zero-order valence-corrected chi connectivity index (χ0v) is 9.43. The maximum atomic E-state index is 12.9. The summed E-state index contributed by atoms with van der Waals surface area (Å²) in [6.07, 6.45) is 1.88. The van der Waals surface area contributed by atoms with Crippen molar-refractivity contribution in [2.24, 2.45) is 5.73 Å². The Morgan fingerprint density at radius 1 is 1.50 bits per heavy atom. The molecule has 3 heteroatoms. The van der Waals surface area contributed by atoms with Crippen molar-refractivity contribution in [2.75, 3.05) is 6.67 Å². The lowest BCUT2D eigenvalue weighted by Crippen LogP contribution is -2.31. The Labute approximate surface area is 91.6 Å². The SMILES string of the molecule is NC1(C(CF)c2cccc(Br)c2)CC1. The lowest BCUT2D eigenvalue weighted by Gasteiger charge is -2.20. The Balaban J connectivity index is 2.27. The van der Waals surface area contributed by atoms with Gasteiger partial charge in [0, 0.05) is 15.9 Å². The summed E-state index contributed by atoms with van der Waals surface area (Å²) >= 11 is 3.38. The molecule has 1 unspecified atom stereocenters. The number of alkyl halides is 1. The van der Waals surface area contributed by atoms with Crippen molar-refractivity contribution in [2.45, 2.75) is 24.3 Å². The smallest absolute Gasteiger partial charge is 0.0980 e. The molecule has 1 atom stereocenters. The Hall–Kier alpha value is -0.410. The van der Waals surface area contributed by atoms with Gasteiger partial charge in [-0.1, -0.05) is 28.1 Å². The van der Waals surface area contributed by atoms with E-state index >= 15 is 0 Å². The molecule has 14 heavy (non-hydrogen) atoms. The van der Waals surface area contributed by atoms with Crippen LogP contribution in [0.25, 0.3) is 0 Å². The molecule has 0 spiro atoms. The molecule has 1 nitrogen and oxygen atoms in total. The Morgan fingerprint density at radius 2 is 2.21 bits per heavy atom. The van der Waals surface area contributed by atoms with Crippen LogP contribution in [0.15, 0.2) is 28.7 Å². The van der Waals surface area contributed by atoms with Gasteiger partial charge in [0.1, 0.15) is 0 Å². The number of nitrogens with two attached hydrogens (primary N) is 1. The minimum atomic E-state index is -0.368. The largest absolute Gasteiger partial charge is 0.324 e. The van der Waals surface area contributed by atoms with E-state index in [1.165, 1.54) is 0 Å². The molecule has 0 bridgehead atoms. The zero-order chi connectivity index (χ0) is 10.2. The molecule has 0 aliphatic heterocycles. The molecule has 0 amide bonds. The van der Waals surface area contributed by atoms with Crippen LogP contribution in [-0.4, -0.2) is 12.2 Å². The topological polar surface area (TPSA) is 26.0 Å². The highest BCUT2D eigenvalue weighted by molar-refractivity contribution is 9.10. The maximum absolute atomic E-state index is 12.9. The van der Waals surface area contributed by atoms with E-state index in [0.29, 0.717) is 0 Å². The van der Waals surface area contributed by atoms with E-state index in [1.807, 2.05) is 24.3 Å². The molecule has 0 heterocycles. The van der Waals surface area contributed by atoms with E-state index in [2.05, 4.69) is 15.9 Å². The molecule has 1 aliphatic carbocycles. The van der Waals surface area contributed by atoms with E-state index in [9.17, 15) is 4.39 Å². The summed E-state index contributed by atoms with van der Waals surface area (Å²) in [6.45, 7) is -0.368.